The Labute approximate surface area is 86.7 Å². The number of carboxylic acids is 2. The molecule has 0 bridgehead atoms. The van der Waals surface area contributed by atoms with Gasteiger partial charge >= 0.3 is 26.2 Å². The molecule has 0 aromatic rings. The topological polar surface area (TPSA) is 156 Å². The Balaban J connectivity index is -0.000000405. The zero-order valence-corrected chi connectivity index (χ0v) is 8.35. The molecule has 5 N–H and O–H groups in total. The molecule has 0 aromatic carbocycles. The Morgan fingerprint density at radius 1 is 1.00 bits per heavy atom. The van der Waals surface area contributed by atoms with Gasteiger partial charge < -0.3 is 36.2 Å². The van der Waals surface area contributed by atoms with Gasteiger partial charge in [0, 0.05) is 0 Å². The van der Waals surface area contributed by atoms with Gasteiger partial charge in [-0.05, 0) is 0 Å². The summed E-state index contributed by atoms with van der Waals surface area (Å²) < 4.78 is 0. The number of carboxylic acid groups (broad SMARTS) is 2. The molecule has 2 unspecified atom stereocenters. The van der Waals surface area contributed by atoms with Crippen LogP contribution in [0.4, 0.5) is 0 Å². The van der Waals surface area contributed by atoms with Crippen LogP contribution in [0.25, 0.3) is 0 Å². The van der Waals surface area contributed by atoms with Crippen LogP contribution in [0.2, 0.25) is 0 Å². The molecule has 0 aliphatic carbocycles. The molecule has 0 amide bonds. The average Bonchev–Trinajstić information content (AvgIpc) is 1.84. The number of hydrogen-bond donors (Lipinski definition) is 3. The summed E-state index contributed by atoms with van der Waals surface area (Å²) >= 11 is 0. The van der Waals surface area contributed by atoms with Crippen molar-refractivity contribution in [2.45, 2.75) is 12.2 Å². The second-order valence-corrected chi connectivity index (χ2v) is 1.53. The minimum absolute atomic E-state index is 0. The normalized spacial score (nSPS) is 13.2. The molecule has 0 rings (SSSR count). The third-order valence-electron chi connectivity index (χ3n) is 0.782. The number of aliphatic hydroxyl groups excluding tert-OH is 2. The first-order valence-electron chi connectivity index (χ1n) is 2.24. The van der Waals surface area contributed by atoms with E-state index in [0.29, 0.717) is 0 Å². The molecule has 8 heteroatoms. The van der Waals surface area contributed by atoms with Gasteiger partial charge in [-0.3, -0.25) is 0 Å². The Morgan fingerprint density at radius 3 is 1.25 bits per heavy atom. The molecular formula is C4H7NO6Zr. The average molecular weight is 256 g/mol. The van der Waals surface area contributed by atoms with E-state index in [1.54, 1.807) is 0 Å². The summed E-state index contributed by atoms with van der Waals surface area (Å²) in [4.78, 5) is 19.3. The van der Waals surface area contributed by atoms with Crippen molar-refractivity contribution in [1.29, 1.82) is 0 Å². The Hall–Kier alpha value is -0.297. The fraction of sp³-hybridized carbons (Fsp3) is 0.500. The van der Waals surface area contributed by atoms with Gasteiger partial charge in [0.2, 0.25) is 0 Å². The summed E-state index contributed by atoms with van der Waals surface area (Å²) in [5.74, 6) is -4.12. The molecule has 12 heavy (non-hydrogen) atoms. The molecule has 0 spiro atoms. The van der Waals surface area contributed by atoms with Crippen LogP contribution in [-0.4, -0.2) is 34.4 Å². The van der Waals surface area contributed by atoms with Crippen LogP contribution in [0.1, 0.15) is 0 Å². The van der Waals surface area contributed by atoms with Crippen LogP contribution in [0.5, 0.6) is 0 Å². The Morgan fingerprint density at radius 2 is 1.17 bits per heavy atom. The number of rotatable bonds is 3. The molecule has 0 aromatic heterocycles. The SMILES string of the molecule is N.O=C([O-])C(O)C(O)C(=O)[O-].[Zr+2]. The number of carbonyl (C=O) groups excluding carboxylic acids is 2. The van der Waals surface area contributed by atoms with Crippen molar-refractivity contribution >= 4 is 11.9 Å². The number of carbonyl (C=O) groups is 2. The molecule has 0 saturated carbocycles. The summed E-state index contributed by atoms with van der Waals surface area (Å²) in [5.41, 5.74) is 0. The largest absolute Gasteiger partial charge is 2.00 e. The smallest absolute Gasteiger partial charge is 0.547 e. The van der Waals surface area contributed by atoms with Gasteiger partial charge in [-0.15, -0.1) is 0 Å². The molecule has 0 radical (unpaired) electrons. The first kappa shape index (κ1) is 17.7. The van der Waals surface area contributed by atoms with Crippen molar-refractivity contribution in [2.75, 3.05) is 0 Å². The number of aliphatic carboxylic acids is 2. The predicted molar refractivity (Wildman–Crippen MR) is 27.0 cm³/mol. The van der Waals surface area contributed by atoms with Crippen molar-refractivity contribution in [3.63, 3.8) is 0 Å². The van der Waals surface area contributed by atoms with E-state index in [2.05, 4.69) is 0 Å². The van der Waals surface area contributed by atoms with Gasteiger partial charge in [0.1, 0.15) is 12.2 Å². The first-order valence-corrected chi connectivity index (χ1v) is 2.24. The van der Waals surface area contributed by atoms with Crippen molar-refractivity contribution in [1.82, 2.24) is 6.15 Å². The molecule has 7 nitrogen and oxygen atoms in total. The van der Waals surface area contributed by atoms with Gasteiger partial charge in [-0.25, -0.2) is 0 Å². The van der Waals surface area contributed by atoms with E-state index in [0.717, 1.165) is 0 Å². The van der Waals surface area contributed by atoms with E-state index >= 15 is 0 Å². The summed E-state index contributed by atoms with van der Waals surface area (Å²) in [6.07, 6.45) is -4.88. The van der Waals surface area contributed by atoms with E-state index < -0.39 is 24.1 Å². The molecule has 2 atom stereocenters. The zero-order chi connectivity index (χ0) is 8.31. The standard InChI is InChI=1S/C4H6O6.H3N.Zr/c5-1(3(7)8)2(6)4(9)10;;/h1-2,5-6H,(H,7,8)(H,9,10);1H3;/q;;+2/p-2. The molecule has 68 valence electrons. The maximum Gasteiger partial charge on any atom is 2.00 e. The number of hydrogen-bond acceptors (Lipinski definition) is 7. The molecule has 0 fully saturated rings. The zero-order valence-electron chi connectivity index (χ0n) is 5.89. The molecule has 0 heterocycles. The maximum absolute atomic E-state index is 9.63. The van der Waals surface area contributed by atoms with Gasteiger partial charge in [-0.2, -0.15) is 0 Å². The van der Waals surface area contributed by atoms with Crippen LogP contribution < -0.4 is 16.4 Å². The van der Waals surface area contributed by atoms with Crippen molar-refractivity contribution in [3.8, 4) is 0 Å². The van der Waals surface area contributed by atoms with E-state index in [1.165, 1.54) is 0 Å². The van der Waals surface area contributed by atoms with Crippen LogP contribution in [0, 0.1) is 0 Å². The van der Waals surface area contributed by atoms with Crippen molar-refractivity contribution < 1.29 is 56.2 Å². The third-order valence-corrected chi connectivity index (χ3v) is 0.782. The fourth-order valence-electron chi connectivity index (χ4n) is 0.258. The Bertz CT molecular complexity index is 144. The van der Waals surface area contributed by atoms with E-state index in [4.69, 9.17) is 10.2 Å². The maximum atomic E-state index is 9.63. The van der Waals surface area contributed by atoms with E-state index in [9.17, 15) is 19.8 Å². The Kier molecular flexibility index (Phi) is 10.9. The molecule has 0 aliphatic heterocycles. The molecular weight excluding hydrogens is 249 g/mol. The van der Waals surface area contributed by atoms with Crippen molar-refractivity contribution in [3.05, 3.63) is 0 Å². The van der Waals surface area contributed by atoms with Gasteiger partial charge in [-0.1, -0.05) is 0 Å². The van der Waals surface area contributed by atoms with Crippen LogP contribution in [0.3, 0.4) is 0 Å². The van der Waals surface area contributed by atoms with Gasteiger partial charge in [0.15, 0.2) is 0 Å². The minimum atomic E-state index is -2.44. The summed E-state index contributed by atoms with van der Waals surface area (Å²) in [6, 6.07) is 0. The quantitative estimate of drug-likeness (QED) is 0.458. The second kappa shape index (κ2) is 7.36. The third kappa shape index (κ3) is 5.37. The first-order chi connectivity index (χ1) is 4.46. The van der Waals surface area contributed by atoms with E-state index in [1.807, 2.05) is 0 Å². The van der Waals surface area contributed by atoms with Crippen LogP contribution in [-0.2, 0) is 35.8 Å². The summed E-state index contributed by atoms with van der Waals surface area (Å²) in [5, 5.41) is 35.7. The van der Waals surface area contributed by atoms with Crippen molar-refractivity contribution in [2.24, 2.45) is 0 Å². The summed E-state index contributed by atoms with van der Waals surface area (Å²) in [7, 11) is 0. The fourth-order valence-corrected chi connectivity index (χ4v) is 0.258. The van der Waals surface area contributed by atoms with Crippen LogP contribution >= 0.6 is 0 Å². The second-order valence-electron chi connectivity index (χ2n) is 1.53. The predicted octanol–water partition coefficient (Wildman–Crippen LogP) is -4.63. The van der Waals surface area contributed by atoms with Crippen LogP contribution in [0.15, 0.2) is 0 Å². The summed E-state index contributed by atoms with van der Waals surface area (Å²) in [6.45, 7) is 0. The molecule has 0 saturated heterocycles. The minimum Gasteiger partial charge on any atom is -0.547 e. The number of aliphatic hydroxyl groups is 2. The van der Waals surface area contributed by atoms with E-state index in [-0.39, 0.29) is 32.4 Å². The monoisotopic (exact) mass is 255 g/mol. The van der Waals surface area contributed by atoms with Gasteiger partial charge in [0.25, 0.3) is 0 Å². The molecule has 0 aliphatic rings. The van der Waals surface area contributed by atoms with Gasteiger partial charge in [0.05, 0.1) is 11.9 Å².